The molecule has 1 aromatic heterocycles. The SMILES string of the molecule is CCN1CCNCC1N(C(C)=O)c1ccccn1. The smallest absolute Gasteiger partial charge is 0.226 e. The van der Waals surface area contributed by atoms with E-state index >= 15 is 0 Å². The van der Waals surface area contributed by atoms with Gasteiger partial charge in [-0.2, -0.15) is 0 Å². The minimum Gasteiger partial charge on any atom is -0.312 e. The van der Waals surface area contributed by atoms with E-state index in [-0.39, 0.29) is 12.1 Å². The summed E-state index contributed by atoms with van der Waals surface area (Å²) in [6, 6.07) is 5.65. The van der Waals surface area contributed by atoms with Crippen molar-refractivity contribution in [2.75, 3.05) is 31.1 Å². The van der Waals surface area contributed by atoms with Crippen LogP contribution in [0.4, 0.5) is 5.82 Å². The maximum absolute atomic E-state index is 11.9. The van der Waals surface area contributed by atoms with Crippen molar-refractivity contribution >= 4 is 11.7 Å². The molecule has 1 aliphatic heterocycles. The highest BCUT2D eigenvalue weighted by molar-refractivity contribution is 5.91. The van der Waals surface area contributed by atoms with E-state index in [1.165, 1.54) is 0 Å². The average Bonchev–Trinajstić information content (AvgIpc) is 2.40. The quantitative estimate of drug-likeness (QED) is 0.855. The number of hydrogen-bond acceptors (Lipinski definition) is 4. The van der Waals surface area contributed by atoms with Crippen LogP contribution in [0.5, 0.6) is 0 Å². The number of carbonyl (C=O) groups excluding carboxylic acids is 1. The Morgan fingerprint density at radius 2 is 2.44 bits per heavy atom. The lowest BCUT2D eigenvalue weighted by Crippen LogP contribution is -2.60. The van der Waals surface area contributed by atoms with Crippen molar-refractivity contribution in [3.8, 4) is 0 Å². The zero-order valence-electron chi connectivity index (χ0n) is 11.0. The van der Waals surface area contributed by atoms with E-state index in [1.54, 1.807) is 18.0 Å². The summed E-state index contributed by atoms with van der Waals surface area (Å²) < 4.78 is 0. The van der Waals surface area contributed by atoms with Crippen molar-refractivity contribution in [3.05, 3.63) is 24.4 Å². The number of aromatic nitrogens is 1. The third kappa shape index (κ3) is 2.68. The molecule has 0 aliphatic carbocycles. The van der Waals surface area contributed by atoms with Gasteiger partial charge in [-0.05, 0) is 18.7 Å². The Morgan fingerprint density at radius 1 is 1.61 bits per heavy atom. The molecule has 1 aliphatic rings. The summed E-state index contributed by atoms with van der Waals surface area (Å²) in [5.74, 6) is 0.748. The van der Waals surface area contributed by atoms with Crippen molar-refractivity contribution < 1.29 is 4.79 Å². The zero-order valence-corrected chi connectivity index (χ0v) is 11.0. The number of nitrogens with one attached hydrogen (secondary N) is 1. The van der Waals surface area contributed by atoms with E-state index in [0.29, 0.717) is 0 Å². The second kappa shape index (κ2) is 5.93. The Hall–Kier alpha value is -1.46. The molecule has 0 radical (unpaired) electrons. The third-order valence-corrected chi connectivity index (χ3v) is 3.26. The van der Waals surface area contributed by atoms with Gasteiger partial charge >= 0.3 is 0 Å². The first-order valence-electron chi connectivity index (χ1n) is 6.39. The molecule has 1 atom stereocenters. The summed E-state index contributed by atoms with van der Waals surface area (Å²) in [6.07, 6.45) is 1.77. The fraction of sp³-hybridized carbons (Fsp3) is 0.538. The van der Waals surface area contributed by atoms with Gasteiger partial charge in [0.15, 0.2) is 0 Å². The minimum atomic E-state index is 0.0286. The molecule has 2 rings (SSSR count). The van der Waals surface area contributed by atoms with Crippen molar-refractivity contribution in [1.82, 2.24) is 15.2 Å². The Bertz CT molecular complexity index is 395. The number of nitrogens with zero attached hydrogens (tertiary/aromatic N) is 3. The first-order valence-corrected chi connectivity index (χ1v) is 6.39. The maximum Gasteiger partial charge on any atom is 0.226 e. The lowest BCUT2D eigenvalue weighted by Gasteiger charge is -2.41. The van der Waals surface area contributed by atoms with Crippen LogP contribution in [0.15, 0.2) is 24.4 Å². The number of anilines is 1. The maximum atomic E-state index is 11.9. The number of rotatable bonds is 3. The van der Waals surface area contributed by atoms with Crippen molar-refractivity contribution in [2.45, 2.75) is 20.0 Å². The topological polar surface area (TPSA) is 48.5 Å². The van der Waals surface area contributed by atoms with Gasteiger partial charge in [-0.15, -0.1) is 0 Å². The first-order chi connectivity index (χ1) is 8.74. The van der Waals surface area contributed by atoms with Gasteiger partial charge in [-0.3, -0.25) is 14.6 Å². The molecule has 5 heteroatoms. The van der Waals surface area contributed by atoms with Crippen LogP contribution >= 0.6 is 0 Å². The molecular weight excluding hydrogens is 228 g/mol. The molecule has 98 valence electrons. The van der Waals surface area contributed by atoms with Crippen LogP contribution in [0, 0.1) is 0 Å². The van der Waals surface area contributed by atoms with Crippen molar-refractivity contribution in [1.29, 1.82) is 0 Å². The van der Waals surface area contributed by atoms with Crippen LogP contribution in [-0.4, -0.2) is 48.1 Å². The molecule has 0 bridgehead atoms. The largest absolute Gasteiger partial charge is 0.312 e. The fourth-order valence-corrected chi connectivity index (χ4v) is 2.38. The molecule has 1 aromatic rings. The number of pyridine rings is 1. The summed E-state index contributed by atoms with van der Waals surface area (Å²) in [4.78, 5) is 20.3. The van der Waals surface area contributed by atoms with Crippen LogP contribution in [0.3, 0.4) is 0 Å². The van der Waals surface area contributed by atoms with E-state index < -0.39 is 0 Å². The predicted molar refractivity (Wildman–Crippen MR) is 71.3 cm³/mol. The molecular formula is C13H20N4O. The van der Waals surface area contributed by atoms with Gasteiger partial charge in [-0.25, -0.2) is 4.98 Å². The molecule has 2 heterocycles. The molecule has 1 unspecified atom stereocenters. The van der Waals surface area contributed by atoms with Gasteiger partial charge in [0.05, 0.1) is 0 Å². The normalized spacial score (nSPS) is 20.7. The molecule has 0 saturated carbocycles. The second-order valence-corrected chi connectivity index (χ2v) is 4.39. The summed E-state index contributed by atoms with van der Waals surface area (Å²) in [7, 11) is 0. The Kier molecular flexibility index (Phi) is 4.28. The van der Waals surface area contributed by atoms with Crippen molar-refractivity contribution in [2.24, 2.45) is 0 Å². The van der Waals surface area contributed by atoms with Gasteiger partial charge in [0.1, 0.15) is 12.0 Å². The highest BCUT2D eigenvalue weighted by atomic mass is 16.2. The monoisotopic (exact) mass is 248 g/mol. The van der Waals surface area contributed by atoms with Gasteiger partial charge in [0.2, 0.25) is 5.91 Å². The number of likely N-dealkylation sites (N-methyl/N-ethyl adjacent to an activating group) is 1. The van der Waals surface area contributed by atoms with Crippen LogP contribution in [0.1, 0.15) is 13.8 Å². The highest BCUT2D eigenvalue weighted by Crippen LogP contribution is 2.17. The standard InChI is InChI=1S/C13H20N4O/c1-3-16-9-8-14-10-13(16)17(11(2)18)12-6-4-5-7-15-12/h4-7,13-14H,3,8-10H2,1-2H3. The van der Waals surface area contributed by atoms with E-state index in [4.69, 9.17) is 0 Å². The summed E-state index contributed by atoms with van der Waals surface area (Å²) in [6.45, 7) is 7.36. The van der Waals surface area contributed by atoms with Crippen LogP contribution in [0.25, 0.3) is 0 Å². The Morgan fingerprint density at radius 3 is 3.06 bits per heavy atom. The molecule has 1 saturated heterocycles. The first kappa shape index (κ1) is 13.0. The molecule has 0 spiro atoms. The molecule has 18 heavy (non-hydrogen) atoms. The van der Waals surface area contributed by atoms with Gasteiger partial charge < -0.3 is 5.32 Å². The summed E-state index contributed by atoms with van der Waals surface area (Å²) in [5, 5.41) is 3.34. The number of amides is 1. The highest BCUT2D eigenvalue weighted by Gasteiger charge is 2.30. The fourth-order valence-electron chi connectivity index (χ4n) is 2.38. The molecule has 1 fully saturated rings. The van der Waals surface area contributed by atoms with Crippen LogP contribution in [0.2, 0.25) is 0 Å². The molecule has 0 aromatic carbocycles. The van der Waals surface area contributed by atoms with E-state index in [1.807, 2.05) is 18.2 Å². The average molecular weight is 248 g/mol. The lowest BCUT2D eigenvalue weighted by atomic mass is 10.2. The Balaban J connectivity index is 2.27. The number of hydrogen-bond donors (Lipinski definition) is 1. The Labute approximate surface area is 108 Å². The zero-order chi connectivity index (χ0) is 13.0. The summed E-state index contributed by atoms with van der Waals surface area (Å²) >= 11 is 0. The van der Waals surface area contributed by atoms with Gasteiger partial charge in [0.25, 0.3) is 0 Å². The van der Waals surface area contributed by atoms with E-state index in [9.17, 15) is 4.79 Å². The van der Waals surface area contributed by atoms with E-state index in [0.717, 1.165) is 32.0 Å². The lowest BCUT2D eigenvalue weighted by molar-refractivity contribution is -0.118. The molecule has 1 N–H and O–H groups in total. The minimum absolute atomic E-state index is 0.0286. The molecule has 1 amide bonds. The van der Waals surface area contributed by atoms with Crippen LogP contribution < -0.4 is 10.2 Å². The van der Waals surface area contributed by atoms with E-state index in [2.05, 4.69) is 22.1 Å². The summed E-state index contributed by atoms with van der Waals surface area (Å²) in [5.41, 5.74) is 0. The van der Waals surface area contributed by atoms with Crippen molar-refractivity contribution in [3.63, 3.8) is 0 Å². The van der Waals surface area contributed by atoms with Crippen LogP contribution in [-0.2, 0) is 4.79 Å². The molecule has 5 nitrogen and oxygen atoms in total. The second-order valence-electron chi connectivity index (χ2n) is 4.39. The number of piperazine rings is 1. The van der Waals surface area contributed by atoms with Gasteiger partial charge in [0, 0.05) is 32.8 Å². The third-order valence-electron chi connectivity index (χ3n) is 3.26. The number of carbonyl (C=O) groups is 1. The van der Waals surface area contributed by atoms with Gasteiger partial charge in [-0.1, -0.05) is 13.0 Å². The predicted octanol–water partition coefficient (Wildman–Crippen LogP) is 0.686.